The number of furan rings is 1. The van der Waals surface area contributed by atoms with Crippen molar-refractivity contribution in [3.63, 3.8) is 0 Å². The minimum Gasteiger partial charge on any atom is -0.478 e. The summed E-state index contributed by atoms with van der Waals surface area (Å²) in [5.74, 6) is 0.432. The molecule has 1 fully saturated rings. The van der Waals surface area contributed by atoms with E-state index in [2.05, 4.69) is 25.0 Å². The number of piperazine rings is 1. The number of aliphatic carboxylic acids is 1. The van der Waals surface area contributed by atoms with Gasteiger partial charge in [-0.3, -0.25) is 4.90 Å². The van der Waals surface area contributed by atoms with E-state index in [0.29, 0.717) is 48.6 Å². The number of hydrogen-bond acceptors (Lipinski definition) is 11. The molecule has 13 nitrogen and oxygen atoms in total. The maximum atomic E-state index is 14.8. The summed E-state index contributed by atoms with van der Waals surface area (Å²) in [6.45, 7) is 7.02. The molecule has 1 aromatic carbocycles. The monoisotopic (exact) mass is 539 g/mol. The number of likely N-dealkylation sites (N-methyl/N-ethyl adjacent to an activating group) is 1. The number of anilines is 3. The normalized spacial score (nSPS) is 14.6. The van der Waals surface area contributed by atoms with Crippen LogP contribution < -0.4 is 20.3 Å². The van der Waals surface area contributed by atoms with Gasteiger partial charge in [-0.15, -0.1) is 5.10 Å². The van der Waals surface area contributed by atoms with Gasteiger partial charge in [-0.05, 0) is 38.1 Å². The number of carbonyl (C=O) groups is 1. The van der Waals surface area contributed by atoms with Crippen molar-refractivity contribution in [2.75, 3.05) is 61.8 Å². The van der Waals surface area contributed by atoms with Gasteiger partial charge in [0.05, 0.1) is 12.0 Å². The number of nitrogen functional groups attached to an aromatic ring is 1. The molecule has 39 heavy (non-hydrogen) atoms. The average Bonchev–Trinajstić information content (AvgIpc) is 3.58. The first-order valence-corrected chi connectivity index (χ1v) is 12.5. The van der Waals surface area contributed by atoms with E-state index < -0.39 is 17.4 Å². The van der Waals surface area contributed by atoms with E-state index in [1.165, 1.54) is 24.4 Å². The van der Waals surface area contributed by atoms with E-state index in [4.69, 9.17) is 14.9 Å². The van der Waals surface area contributed by atoms with Gasteiger partial charge in [0, 0.05) is 52.4 Å². The number of benzene rings is 1. The first-order valence-electron chi connectivity index (χ1n) is 12.5. The summed E-state index contributed by atoms with van der Waals surface area (Å²) in [5.41, 5.74) is 5.12. The van der Waals surface area contributed by atoms with Crippen LogP contribution in [0.4, 0.5) is 22.0 Å². The van der Waals surface area contributed by atoms with Crippen molar-refractivity contribution in [1.82, 2.24) is 29.5 Å². The molecule has 4 aromatic rings. The lowest BCUT2D eigenvalue weighted by atomic mass is 10.1. The van der Waals surface area contributed by atoms with Crippen LogP contribution in [-0.4, -0.2) is 92.5 Å². The second-order valence-electron chi connectivity index (χ2n) is 9.79. The summed E-state index contributed by atoms with van der Waals surface area (Å²) in [6.07, 6.45) is 1.54. The zero-order chi connectivity index (χ0) is 27.7. The van der Waals surface area contributed by atoms with Gasteiger partial charge in [0.2, 0.25) is 17.7 Å². The van der Waals surface area contributed by atoms with Crippen molar-refractivity contribution in [2.24, 2.45) is 0 Å². The number of hydrogen-bond donors (Lipinski definition) is 2. The van der Waals surface area contributed by atoms with Gasteiger partial charge in [0.25, 0.3) is 5.78 Å². The fourth-order valence-corrected chi connectivity index (χ4v) is 4.22. The number of aromatic nitrogens is 5. The van der Waals surface area contributed by atoms with Crippen molar-refractivity contribution >= 4 is 29.3 Å². The minimum absolute atomic E-state index is 0.172. The van der Waals surface area contributed by atoms with Crippen molar-refractivity contribution < 1.29 is 23.4 Å². The van der Waals surface area contributed by atoms with E-state index in [-0.39, 0.29) is 11.7 Å². The Morgan fingerprint density at radius 2 is 1.97 bits per heavy atom. The van der Waals surface area contributed by atoms with Gasteiger partial charge < -0.3 is 29.8 Å². The number of carboxylic acids is 1. The lowest BCUT2D eigenvalue weighted by Crippen LogP contribution is -2.48. The fraction of sp³-hybridized carbons (Fsp3) is 0.400. The Balaban J connectivity index is 1.16. The molecule has 0 bridgehead atoms. The molecule has 5 rings (SSSR count). The summed E-state index contributed by atoms with van der Waals surface area (Å²) in [7, 11) is 1.88. The predicted octanol–water partition coefficient (Wildman–Crippen LogP) is 2.00. The molecular formula is C25H30FN9O4. The van der Waals surface area contributed by atoms with Crippen LogP contribution in [0.3, 0.4) is 0 Å². The van der Waals surface area contributed by atoms with Gasteiger partial charge in [0.15, 0.2) is 11.4 Å². The number of carboxylic acid groups (broad SMARTS) is 1. The molecule has 0 aliphatic carbocycles. The Kier molecular flexibility index (Phi) is 6.95. The van der Waals surface area contributed by atoms with E-state index in [1.54, 1.807) is 30.5 Å². The Bertz CT molecular complexity index is 1470. The highest BCUT2D eigenvalue weighted by Crippen LogP contribution is 2.27. The molecule has 0 spiro atoms. The second kappa shape index (κ2) is 10.4. The van der Waals surface area contributed by atoms with E-state index in [1.807, 2.05) is 16.8 Å². The van der Waals surface area contributed by atoms with Crippen LogP contribution in [0.1, 0.15) is 13.8 Å². The van der Waals surface area contributed by atoms with E-state index in [9.17, 15) is 14.3 Å². The van der Waals surface area contributed by atoms with Crippen molar-refractivity contribution in [3.8, 4) is 17.3 Å². The molecule has 0 unspecified atom stereocenters. The smallest absolute Gasteiger partial charge is 0.347 e. The third-order valence-corrected chi connectivity index (χ3v) is 6.58. The van der Waals surface area contributed by atoms with Crippen LogP contribution in [0.15, 0.2) is 41.0 Å². The van der Waals surface area contributed by atoms with Crippen LogP contribution in [-0.2, 0) is 4.79 Å². The maximum Gasteiger partial charge on any atom is 0.347 e. The van der Waals surface area contributed by atoms with Gasteiger partial charge in [-0.2, -0.15) is 19.5 Å². The molecule has 1 aliphatic rings. The number of ether oxygens (including phenoxy) is 1. The molecule has 0 radical (unpaired) electrons. The van der Waals surface area contributed by atoms with E-state index >= 15 is 0 Å². The number of nitrogens with zero attached hydrogens (tertiary/aromatic N) is 8. The summed E-state index contributed by atoms with van der Waals surface area (Å²) in [6, 6.07) is 7.97. The molecule has 1 aliphatic heterocycles. The number of fused-ring (bicyclic) bond motifs is 1. The summed E-state index contributed by atoms with van der Waals surface area (Å²) in [4.78, 5) is 30.7. The number of nitrogens with two attached hydrogens (primary N) is 1. The minimum atomic E-state index is -1.45. The number of halogens is 1. The maximum absolute atomic E-state index is 14.8. The highest BCUT2D eigenvalue weighted by atomic mass is 19.1. The molecule has 1 saturated heterocycles. The molecule has 4 heterocycles. The molecule has 3 aromatic heterocycles. The van der Waals surface area contributed by atoms with Crippen LogP contribution in [0.5, 0.6) is 5.75 Å². The van der Waals surface area contributed by atoms with E-state index in [0.717, 1.165) is 19.6 Å². The molecule has 3 N–H and O–H groups in total. The van der Waals surface area contributed by atoms with Crippen LogP contribution in [0.2, 0.25) is 0 Å². The van der Waals surface area contributed by atoms with Gasteiger partial charge in [-0.1, -0.05) is 0 Å². The fourth-order valence-electron chi connectivity index (χ4n) is 4.22. The lowest BCUT2D eigenvalue weighted by Gasteiger charge is -2.37. The molecule has 0 saturated carbocycles. The Morgan fingerprint density at radius 1 is 1.21 bits per heavy atom. The highest BCUT2D eigenvalue weighted by molar-refractivity contribution is 5.76. The molecule has 0 amide bonds. The molecule has 14 heteroatoms. The zero-order valence-corrected chi connectivity index (χ0v) is 21.9. The summed E-state index contributed by atoms with van der Waals surface area (Å²) < 4.78 is 27.0. The molecular weight excluding hydrogens is 509 g/mol. The summed E-state index contributed by atoms with van der Waals surface area (Å²) in [5, 5.41) is 13.5. The first kappa shape index (κ1) is 26.2. The largest absolute Gasteiger partial charge is 0.478 e. The molecule has 206 valence electrons. The third kappa shape index (κ3) is 5.55. The Hall–Kier alpha value is -4.46. The van der Waals surface area contributed by atoms with Crippen LogP contribution >= 0.6 is 0 Å². The quantitative estimate of drug-likeness (QED) is 0.320. The molecule has 0 atom stereocenters. The first-order chi connectivity index (χ1) is 18.6. The lowest BCUT2D eigenvalue weighted by molar-refractivity contribution is -0.152. The van der Waals surface area contributed by atoms with Crippen molar-refractivity contribution in [2.45, 2.75) is 19.4 Å². The third-order valence-electron chi connectivity index (χ3n) is 6.58. The topological polar surface area (TPSA) is 151 Å². The predicted molar refractivity (Wildman–Crippen MR) is 141 cm³/mol. The number of rotatable bonds is 9. The van der Waals surface area contributed by atoms with Gasteiger partial charge >= 0.3 is 5.97 Å². The SMILES string of the molecule is CN(CCN1CCN(c2ccc(OC(C)(C)C(=O)O)cc2F)CC1)c1nc(N)n2nc(-c3ccco3)nc2n1. The zero-order valence-electron chi connectivity index (χ0n) is 21.9. The standard InChI is InChI=1S/C25H30FN9O4/c1-25(2,21(36)37)39-16-6-7-18(17(26)15-16)34-12-10-33(11-13-34)9-8-32(3)23-29-22(27)35-24(30-23)28-20(31-35)19-5-4-14-38-19/h4-7,14-15H,8-13H2,1-3H3,(H,36,37)(H2,27,28,29,30,31). The Morgan fingerprint density at radius 3 is 2.64 bits per heavy atom. The van der Waals surface area contributed by atoms with Crippen LogP contribution in [0, 0.1) is 5.82 Å². The van der Waals surface area contributed by atoms with Crippen molar-refractivity contribution in [3.05, 3.63) is 42.4 Å². The highest BCUT2D eigenvalue weighted by Gasteiger charge is 2.30. The Labute approximate surface area is 223 Å². The van der Waals surface area contributed by atoms with Crippen molar-refractivity contribution in [1.29, 1.82) is 0 Å². The van der Waals surface area contributed by atoms with Gasteiger partial charge in [-0.25, -0.2) is 9.18 Å². The second-order valence-corrected chi connectivity index (χ2v) is 9.79. The summed E-state index contributed by atoms with van der Waals surface area (Å²) >= 11 is 0. The average molecular weight is 540 g/mol. The van der Waals surface area contributed by atoms with Gasteiger partial charge in [0.1, 0.15) is 11.6 Å². The van der Waals surface area contributed by atoms with Crippen LogP contribution in [0.25, 0.3) is 17.4 Å².